The molecule has 1 rings (SSSR count). The summed E-state index contributed by atoms with van der Waals surface area (Å²) in [5, 5.41) is 8.92. The fourth-order valence-corrected chi connectivity index (χ4v) is 2.18. The number of thioether (sulfide) groups is 1. The molecule has 88 valence electrons. The molecule has 0 saturated heterocycles. The van der Waals surface area contributed by atoms with Crippen LogP contribution in [-0.4, -0.2) is 23.9 Å². The number of carboxylic acid groups (broad SMARTS) is 1. The molecule has 16 heavy (non-hydrogen) atoms. The second-order valence-electron chi connectivity index (χ2n) is 3.39. The standard InChI is InChI=1S/C12H16O3S/c1-3-6-16-8-9-4-5-10(12(13)14)11(7-9)15-2/h4-5,7H,3,6,8H2,1-2H3,(H,13,14). The Balaban J connectivity index is 2.78. The van der Waals surface area contributed by atoms with Crippen LogP contribution in [0.15, 0.2) is 18.2 Å². The van der Waals surface area contributed by atoms with E-state index >= 15 is 0 Å². The van der Waals surface area contributed by atoms with Gasteiger partial charge < -0.3 is 9.84 Å². The van der Waals surface area contributed by atoms with E-state index in [9.17, 15) is 4.79 Å². The molecular formula is C12H16O3S. The number of hydrogen-bond acceptors (Lipinski definition) is 3. The summed E-state index contributed by atoms with van der Waals surface area (Å²) in [5.74, 6) is 1.49. The molecule has 0 atom stereocenters. The van der Waals surface area contributed by atoms with Gasteiger partial charge in [0.25, 0.3) is 0 Å². The Morgan fingerprint density at radius 3 is 2.81 bits per heavy atom. The molecule has 0 saturated carbocycles. The average molecular weight is 240 g/mol. The van der Waals surface area contributed by atoms with Crippen molar-refractivity contribution in [3.05, 3.63) is 29.3 Å². The number of aromatic carboxylic acids is 1. The van der Waals surface area contributed by atoms with E-state index in [-0.39, 0.29) is 5.56 Å². The van der Waals surface area contributed by atoms with Crippen molar-refractivity contribution in [3.8, 4) is 5.75 Å². The van der Waals surface area contributed by atoms with Crippen LogP contribution < -0.4 is 4.74 Å². The van der Waals surface area contributed by atoms with Crippen LogP contribution in [0, 0.1) is 0 Å². The smallest absolute Gasteiger partial charge is 0.339 e. The molecule has 0 radical (unpaired) electrons. The Bertz CT molecular complexity index is 363. The Hall–Kier alpha value is -1.16. The van der Waals surface area contributed by atoms with Gasteiger partial charge in [-0.2, -0.15) is 11.8 Å². The normalized spacial score (nSPS) is 10.1. The van der Waals surface area contributed by atoms with E-state index in [0.29, 0.717) is 5.75 Å². The van der Waals surface area contributed by atoms with Crippen LogP contribution in [-0.2, 0) is 5.75 Å². The van der Waals surface area contributed by atoms with E-state index < -0.39 is 5.97 Å². The summed E-state index contributed by atoms with van der Waals surface area (Å²) < 4.78 is 5.06. The summed E-state index contributed by atoms with van der Waals surface area (Å²) in [5.41, 5.74) is 1.31. The van der Waals surface area contributed by atoms with Crippen molar-refractivity contribution in [3.63, 3.8) is 0 Å². The van der Waals surface area contributed by atoms with Gasteiger partial charge in [-0.15, -0.1) is 0 Å². The largest absolute Gasteiger partial charge is 0.496 e. The van der Waals surface area contributed by atoms with Gasteiger partial charge in [-0.1, -0.05) is 13.0 Å². The number of methoxy groups -OCH3 is 1. The lowest BCUT2D eigenvalue weighted by atomic mass is 10.1. The molecule has 1 aromatic rings. The minimum Gasteiger partial charge on any atom is -0.496 e. The highest BCUT2D eigenvalue weighted by atomic mass is 32.2. The first kappa shape index (κ1) is 12.9. The van der Waals surface area contributed by atoms with E-state index in [1.54, 1.807) is 12.1 Å². The van der Waals surface area contributed by atoms with Gasteiger partial charge in [0, 0.05) is 5.75 Å². The predicted molar refractivity (Wildman–Crippen MR) is 66.4 cm³/mol. The van der Waals surface area contributed by atoms with Crippen LogP contribution in [0.4, 0.5) is 0 Å². The maximum Gasteiger partial charge on any atom is 0.339 e. The third-order valence-corrected chi connectivity index (χ3v) is 3.35. The SMILES string of the molecule is CCCSCc1ccc(C(=O)O)c(OC)c1. The zero-order valence-electron chi connectivity index (χ0n) is 9.53. The molecule has 0 aromatic heterocycles. The lowest BCUT2D eigenvalue weighted by molar-refractivity contribution is 0.0693. The van der Waals surface area contributed by atoms with Gasteiger partial charge in [0.05, 0.1) is 7.11 Å². The second kappa shape index (κ2) is 6.43. The van der Waals surface area contributed by atoms with Crippen molar-refractivity contribution in [1.82, 2.24) is 0 Å². The first-order valence-electron chi connectivity index (χ1n) is 5.17. The molecule has 0 bridgehead atoms. The molecule has 0 unspecified atom stereocenters. The molecule has 1 N–H and O–H groups in total. The van der Waals surface area contributed by atoms with E-state index in [1.807, 2.05) is 17.8 Å². The number of ether oxygens (including phenoxy) is 1. The van der Waals surface area contributed by atoms with Crippen molar-refractivity contribution >= 4 is 17.7 Å². The molecule has 0 aliphatic carbocycles. The third kappa shape index (κ3) is 3.45. The molecular weight excluding hydrogens is 224 g/mol. The van der Waals surface area contributed by atoms with Gasteiger partial charge in [-0.25, -0.2) is 4.79 Å². The number of benzene rings is 1. The number of carboxylic acids is 1. The zero-order valence-corrected chi connectivity index (χ0v) is 10.3. The highest BCUT2D eigenvalue weighted by Gasteiger charge is 2.10. The van der Waals surface area contributed by atoms with Crippen molar-refractivity contribution < 1.29 is 14.6 Å². The fourth-order valence-electron chi connectivity index (χ4n) is 1.34. The fraction of sp³-hybridized carbons (Fsp3) is 0.417. The summed E-state index contributed by atoms with van der Waals surface area (Å²) in [6, 6.07) is 5.24. The van der Waals surface area contributed by atoms with Gasteiger partial charge in [0.15, 0.2) is 0 Å². The lowest BCUT2D eigenvalue weighted by Gasteiger charge is -2.07. The third-order valence-electron chi connectivity index (χ3n) is 2.11. The Morgan fingerprint density at radius 2 is 2.25 bits per heavy atom. The van der Waals surface area contributed by atoms with Gasteiger partial charge in [0.1, 0.15) is 11.3 Å². The Kier molecular flexibility index (Phi) is 5.19. The van der Waals surface area contributed by atoms with Crippen LogP contribution in [0.1, 0.15) is 29.3 Å². The summed E-state index contributed by atoms with van der Waals surface area (Å²) in [6.07, 6.45) is 1.15. The van der Waals surface area contributed by atoms with E-state index in [4.69, 9.17) is 9.84 Å². The zero-order chi connectivity index (χ0) is 12.0. The Labute approximate surface area is 99.8 Å². The summed E-state index contributed by atoms with van der Waals surface area (Å²) in [6.45, 7) is 2.14. The summed E-state index contributed by atoms with van der Waals surface area (Å²) in [4.78, 5) is 10.9. The maximum atomic E-state index is 10.9. The van der Waals surface area contributed by atoms with E-state index in [1.165, 1.54) is 7.11 Å². The lowest BCUT2D eigenvalue weighted by Crippen LogP contribution is -2.01. The Morgan fingerprint density at radius 1 is 1.50 bits per heavy atom. The van der Waals surface area contributed by atoms with E-state index in [0.717, 1.165) is 23.5 Å². The van der Waals surface area contributed by atoms with Gasteiger partial charge in [-0.05, 0) is 29.9 Å². The highest BCUT2D eigenvalue weighted by molar-refractivity contribution is 7.98. The van der Waals surface area contributed by atoms with Crippen LogP contribution in [0.5, 0.6) is 5.75 Å². The first-order chi connectivity index (χ1) is 7.69. The van der Waals surface area contributed by atoms with Crippen molar-refractivity contribution in [2.45, 2.75) is 19.1 Å². The van der Waals surface area contributed by atoms with Crippen LogP contribution in [0.25, 0.3) is 0 Å². The molecule has 4 heteroatoms. The monoisotopic (exact) mass is 240 g/mol. The van der Waals surface area contributed by atoms with Crippen LogP contribution >= 0.6 is 11.8 Å². The van der Waals surface area contributed by atoms with Gasteiger partial charge >= 0.3 is 5.97 Å². The van der Waals surface area contributed by atoms with Gasteiger partial charge in [-0.3, -0.25) is 0 Å². The molecule has 0 fully saturated rings. The average Bonchev–Trinajstić information content (AvgIpc) is 2.29. The molecule has 0 aliphatic heterocycles. The van der Waals surface area contributed by atoms with Crippen molar-refractivity contribution in [2.24, 2.45) is 0 Å². The maximum absolute atomic E-state index is 10.9. The van der Waals surface area contributed by atoms with Crippen molar-refractivity contribution in [2.75, 3.05) is 12.9 Å². The first-order valence-corrected chi connectivity index (χ1v) is 6.32. The molecule has 0 heterocycles. The van der Waals surface area contributed by atoms with Crippen LogP contribution in [0.2, 0.25) is 0 Å². The molecule has 1 aromatic carbocycles. The van der Waals surface area contributed by atoms with Crippen LogP contribution in [0.3, 0.4) is 0 Å². The minimum atomic E-state index is -0.954. The quantitative estimate of drug-likeness (QED) is 0.776. The predicted octanol–water partition coefficient (Wildman–Crippen LogP) is 3.04. The highest BCUT2D eigenvalue weighted by Crippen LogP contribution is 2.23. The molecule has 0 aliphatic rings. The van der Waals surface area contributed by atoms with E-state index in [2.05, 4.69) is 6.92 Å². The minimum absolute atomic E-state index is 0.215. The number of carbonyl (C=O) groups is 1. The van der Waals surface area contributed by atoms with Crippen molar-refractivity contribution in [1.29, 1.82) is 0 Å². The molecule has 3 nitrogen and oxygen atoms in total. The molecule has 0 amide bonds. The summed E-state index contributed by atoms with van der Waals surface area (Å²) >= 11 is 1.84. The second-order valence-corrected chi connectivity index (χ2v) is 4.50. The molecule has 0 spiro atoms. The number of rotatable bonds is 6. The van der Waals surface area contributed by atoms with Gasteiger partial charge in [0.2, 0.25) is 0 Å². The summed E-state index contributed by atoms with van der Waals surface area (Å²) in [7, 11) is 1.49. The number of hydrogen-bond donors (Lipinski definition) is 1. The topological polar surface area (TPSA) is 46.5 Å².